The van der Waals surface area contributed by atoms with Gasteiger partial charge in [-0.1, -0.05) is 26.7 Å². The highest BCUT2D eigenvalue weighted by molar-refractivity contribution is 4.96. The minimum absolute atomic E-state index is 0.247. The molecule has 1 aliphatic carbocycles. The maximum absolute atomic E-state index is 6.43. The Hall–Kier alpha value is -0.120. The average molecular weight is 255 g/mol. The average Bonchev–Trinajstić information content (AvgIpc) is 2.86. The summed E-state index contributed by atoms with van der Waals surface area (Å²) in [5.74, 6) is -0.247. The number of hydrogen-bond acceptors (Lipinski definition) is 3. The van der Waals surface area contributed by atoms with Gasteiger partial charge in [-0.25, -0.2) is 0 Å². The summed E-state index contributed by atoms with van der Waals surface area (Å²) in [4.78, 5) is 0. The van der Waals surface area contributed by atoms with Crippen LogP contribution in [0.3, 0.4) is 0 Å². The molecule has 0 aromatic rings. The number of rotatable bonds is 5. The summed E-state index contributed by atoms with van der Waals surface area (Å²) in [7, 11) is 0. The number of unbranched alkanes of at least 4 members (excludes halogenated alkanes) is 1. The lowest BCUT2D eigenvalue weighted by molar-refractivity contribution is -0.194. The van der Waals surface area contributed by atoms with E-state index in [2.05, 4.69) is 13.8 Å². The maximum Gasteiger partial charge on any atom is 0.168 e. The lowest BCUT2D eigenvalue weighted by atomic mass is 9.64. The van der Waals surface area contributed by atoms with E-state index in [0.717, 1.165) is 32.5 Å². The van der Waals surface area contributed by atoms with E-state index in [4.69, 9.17) is 15.2 Å². The molecular formula is C15H29NO2. The van der Waals surface area contributed by atoms with Crippen molar-refractivity contribution in [2.24, 2.45) is 11.1 Å². The predicted octanol–water partition coefficient (Wildman–Crippen LogP) is 3.22. The molecule has 3 heteroatoms. The zero-order valence-electron chi connectivity index (χ0n) is 12.0. The lowest BCUT2D eigenvalue weighted by Crippen LogP contribution is -2.48. The molecule has 2 aliphatic rings. The van der Waals surface area contributed by atoms with Gasteiger partial charge in [0.2, 0.25) is 0 Å². The fourth-order valence-electron chi connectivity index (χ4n) is 3.68. The van der Waals surface area contributed by atoms with Crippen LogP contribution < -0.4 is 5.73 Å². The molecule has 1 saturated heterocycles. The van der Waals surface area contributed by atoms with Gasteiger partial charge < -0.3 is 15.2 Å². The van der Waals surface area contributed by atoms with Crippen LogP contribution >= 0.6 is 0 Å². The maximum atomic E-state index is 6.43. The zero-order valence-corrected chi connectivity index (χ0v) is 12.0. The van der Waals surface area contributed by atoms with Crippen LogP contribution in [0.4, 0.5) is 0 Å². The first-order chi connectivity index (χ1) is 8.66. The Balaban J connectivity index is 1.99. The summed E-state index contributed by atoms with van der Waals surface area (Å²) in [5.41, 5.74) is 6.77. The van der Waals surface area contributed by atoms with Gasteiger partial charge in [-0.2, -0.15) is 0 Å². The van der Waals surface area contributed by atoms with Crippen molar-refractivity contribution in [3.63, 3.8) is 0 Å². The Morgan fingerprint density at radius 1 is 1.06 bits per heavy atom. The molecule has 2 N–H and O–H groups in total. The van der Waals surface area contributed by atoms with E-state index in [1.807, 2.05) is 0 Å². The van der Waals surface area contributed by atoms with Gasteiger partial charge in [0.1, 0.15) is 0 Å². The largest absolute Gasteiger partial charge is 0.348 e. The van der Waals surface area contributed by atoms with Gasteiger partial charge in [-0.15, -0.1) is 0 Å². The van der Waals surface area contributed by atoms with Gasteiger partial charge in [0.25, 0.3) is 0 Å². The third-order valence-corrected chi connectivity index (χ3v) is 5.08. The zero-order chi connectivity index (χ0) is 13.1. The SMILES string of the molecule is CCCCC1(C(N)CC)CCC2(CC1)OCCO2. The summed E-state index contributed by atoms with van der Waals surface area (Å²) < 4.78 is 11.7. The first-order valence-corrected chi connectivity index (χ1v) is 7.70. The monoisotopic (exact) mass is 255 g/mol. The predicted molar refractivity (Wildman–Crippen MR) is 73.3 cm³/mol. The van der Waals surface area contributed by atoms with E-state index in [1.165, 1.54) is 32.1 Å². The number of hydrogen-bond donors (Lipinski definition) is 1. The molecule has 0 radical (unpaired) electrons. The molecule has 106 valence electrons. The van der Waals surface area contributed by atoms with Gasteiger partial charge in [0.15, 0.2) is 5.79 Å². The van der Waals surface area contributed by atoms with Gasteiger partial charge in [-0.05, 0) is 31.1 Å². The Morgan fingerprint density at radius 2 is 1.67 bits per heavy atom. The second-order valence-electron chi connectivity index (χ2n) is 6.09. The Labute approximate surface area is 111 Å². The lowest BCUT2D eigenvalue weighted by Gasteiger charge is -2.47. The molecule has 1 atom stereocenters. The molecule has 1 unspecified atom stereocenters. The van der Waals surface area contributed by atoms with Crippen molar-refractivity contribution >= 4 is 0 Å². The molecule has 2 rings (SSSR count). The molecule has 1 spiro atoms. The summed E-state index contributed by atoms with van der Waals surface area (Å²) in [6, 6.07) is 0.336. The van der Waals surface area contributed by atoms with E-state index in [1.54, 1.807) is 0 Å². The minimum atomic E-state index is -0.247. The van der Waals surface area contributed by atoms with Crippen molar-refractivity contribution in [2.45, 2.75) is 77.0 Å². The summed E-state index contributed by atoms with van der Waals surface area (Å²) >= 11 is 0. The molecule has 1 saturated carbocycles. The molecule has 0 bridgehead atoms. The van der Waals surface area contributed by atoms with Crippen molar-refractivity contribution in [3.8, 4) is 0 Å². The van der Waals surface area contributed by atoms with E-state index in [0.29, 0.717) is 11.5 Å². The summed E-state index contributed by atoms with van der Waals surface area (Å²) in [6.07, 6.45) is 9.31. The third-order valence-electron chi connectivity index (χ3n) is 5.08. The van der Waals surface area contributed by atoms with Crippen LogP contribution in [0.25, 0.3) is 0 Å². The molecule has 1 heterocycles. The normalized spacial score (nSPS) is 27.5. The third kappa shape index (κ3) is 2.73. The molecule has 18 heavy (non-hydrogen) atoms. The van der Waals surface area contributed by atoms with Crippen LogP contribution in [0, 0.1) is 5.41 Å². The molecule has 2 fully saturated rings. The second kappa shape index (κ2) is 5.89. The van der Waals surface area contributed by atoms with Crippen LogP contribution in [0.5, 0.6) is 0 Å². The van der Waals surface area contributed by atoms with Crippen molar-refractivity contribution < 1.29 is 9.47 Å². The minimum Gasteiger partial charge on any atom is -0.348 e. The van der Waals surface area contributed by atoms with Crippen LogP contribution in [0.1, 0.15) is 65.2 Å². The first-order valence-electron chi connectivity index (χ1n) is 7.70. The van der Waals surface area contributed by atoms with Crippen molar-refractivity contribution in [3.05, 3.63) is 0 Å². The van der Waals surface area contributed by atoms with Crippen LogP contribution in [0.2, 0.25) is 0 Å². The number of ether oxygens (including phenoxy) is 2. The first kappa shape index (κ1) is 14.3. The number of nitrogens with two attached hydrogens (primary N) is 1. The Bertz CT molecular complexity index is 251. The highest BCUT2D eigenvalue weighted by Gasteiger charge is 2.47. The van der Waals surface area contributed by atoms with Crippen LogP contribution in [-0.2, 0) is 9.47 Å². The van der Waals surface area contributed by atoms with Crippen molar-refractivity contribution in [1.82, 2.24) is 0 Å². The smallest absolute Gasteiger partial charge is 0.168 e. The summed E-state index contributed by atoms with van der Waals surface area (Å²) in [5, 5.41) is 0. The van der Waals surface area contributed by atoms with Crippen LogP contribution in [0.15, 0.2) is 0 Å². The molecular weight excluding hydrogens is 226 g/mol. The van der Waals surface area contributed by atoms with Gasteiger partial charge in [-0.3, -0.25) is 0 Å². The van der Waals surface area contributed by atoms with Crippen molar-refractivity contribution in [2.75, 3.05) is 13.2 Å². The molecule has 3 nitrogen and oxygen atoms in total. The Morgan fingerprint density at radius 3 is 2.17 bits per heavy atom. The second-order valence-corrected chi connectivity index (χ2v) is 6.09. The van der Waals surface area contributed by atoms with Crippen LogP contribution in [-0.4, -0.2) is 25.0 Å². The van der Waals surface area contributed by atoms with Crippen molar-refractivity contribution in [1.29, 1.82) is 0 Å². The fraction of sp³-hybridized carbons (Fsp3) is 1.00. The van der Waals surface area contributed by atoms with E-state index in [-0.39, 0.29) is 5.79 Å². The Kier molecular flexibility index (Phi) is 4.68. The highest BCUT2D eigenvalue weighted by Crippen LogP contribution is 2.49. The molecule has 0 aromatic carbocycles. The standard InChI is InChI=1S/C15H29NO2/c1-3-5-6-14(13(16)4-2)7-9-15(10-8-14)17-11-12-18-15/h13H,3-12,16H2,1-2H3. The van der Waals surface area contributed by atoms with Gasteiger partial charge in [0, 0.05) is 18.9 Å². The molecule has 0 amide bonds. The summed E-state index contributed by atoms with van der Waals surface area (Å²) in [6.45, 7) is 6.01. The van der Waals surface area contributed by atoms with E-state index >= 15 is 0 Å². The fourth-order valence-corrected chi connectivity index (χ4v) is 3.68. The highest BCUT2D eigenvalue weighted by atomic mass is 16.7. The van der Waals surface area contributed by atoms with E-state index in [9.17, 15) is 0 Å². The topological polar surface area (TPSA) is 44.5 Å². The molecule has 0 aromatic heterocycles. The van der Waals surface area contributed by atoms with Gasteiger partial charge in [0.05, 0.1) is 13.2 Å². The quantitative estimate of drug-likeness (QED) is 0.820. The van der Waals surface area contributed by atoms with E-state index < -0.39 is 0 Å². The van der Waals surface area contributed by atoms with Gasteiger partial charge >= 0.3 is 0 Å². The molecule has 1 aliphatic heterocycles.